The van der Waals surface area contributed by atoms with Gasteiger partial charge in [-0.15, -0.1) is 17.5 Å². The Morgan fingerprint density at radius 3 is 2.83 bits per heavy atom. The standard InChI is InChI=1S/C4H8N6O.ClH/c1-2(5)3(11)6-4-7-9-10-8-4;/h2H,5H2,1H3,(H2,6,7,8,9,10,11);1H/t2-;/m1./s1. The van der Waals surface area contributed by atoms with Crippen LogP contribution in [0.1, 0.15) is 6.92 Å². The second-order valence-corrected chi connectivity index (χ2v) is 2.01. The van der Waals surface area contributed by atoms with Crippen molar-refractivity contribution >= 4 is 24.3 Å². The van der Waals surface area contributed by atoms with Gasteiger partial charge in [0.25, 0.3) is 5.95 Å². The highest BCUT2D eigenvalue weighted by atomic mass is 35.5. The van der Waals surface area contributed by atoms with Crippen LogP contribution in [0.3, 0.4) is 0 Å². The lowest BCUT2D eigenvalue weighted by Crippen LogP contribution is -2.32. The fourth-order valence-electron chi connectivity index (χ4n) is 0.439. The lowest BCUT2D eigenvalue weighted by molar-refractivity contribution is -0.117. The van der Waals surface area contributed by atoms with Crippen molar-refractivity contribution in [1.82, 2.24) is 20.6 Å². The maximum atomic E-state index is 10.9. The van der Waals surface area contributed by atoms with Gasteiger partial charge in [-0.25, -0.2) is 0 Å². The van der Waals surface area contributed by atoms with Crippen LogP contribution in [0.25, 0.3) is 0 Å². The van der Waals surface area contributed by atoms with Crippen molar-refractivity contribution in [3.8, 4) is 0 Å². The average Bonchev–Trinajstić information content (AvgIpc) is 2.39. The zero-order chi connectivity index (χ0) is 8.27. The van der Waals surface area contributed by atoms with E-state index in [1.165, 1.54) is 0 Å². The first-order valence-electron chi connectivity index (χ1n) is 3.00. The van der Waals surface area contributed by atoms with Crippen LogP contribution in [-0.4, -0.2) is 32.6 Å². The van der Waals surface area contributed by atoms with E-state index in [0.29, 0.717) is 0 Å². The molecule has 1 amide bonds. The summed E-state index contributed by atoms with van der Waals surface area (Å²) in [6.07, 6.45) is 0. The van der Waals surface area contributed by atoms with E-state index in [0.717, 1.165) is 0 Å². The summed E-state index contributed by atoms with van der Waals surface area (Å²) in [5, 5.41) is 14.8. The van der Waals surface area contributed by atoms with E-state index in [2.05, 4.69) is 25.9 Å². The molecule has 0 saturated carbocycles. The molecule has 0 unspecified atom stereocenters. The molecule has 4 N–H and O–H groups in total. The van der Waals surface area contributed by atoms with Crippen molar-refractivity contribution in [3.05, 3.63) is 0 Å². The molecule has 0 fully saturated rings. The van der Waals surface area contributed by atoms with E-state index < -0.39 is 6.04 Å². The van der Waals surface area contributed by atoms with Crippen molar-refractivity contribution in [2.45, 2.75) is 13.0 Å². The van der Waals surface area contributed by atoms with E-state index >= 15 is 0 Å². The number of aromatic nitrogens is 4. The molecule has 7 nitrogen and oxygen atoms in total. The number of tetrazole rings is 1. The minimum absolute atomic E-state index is 0. The molecule has 1 aromatic heterocycles. The minimum atomic E-state index is -0.575. The molecule has 1 atom stereocenters. The van der Waals surface area contributed by atoms with Crippen molar-refractivity contribution in [2.75, 3.05) is 5.32 Å². The molecular formula is C4H9ClN6O. The molecular weight excluding hydrogens is 184 g/mol. The molecule has 0 saturated heterocycles. The summed E-state index contributed by atoms with van der Waals surface area (Å²) in [6.45, 7) is 1.56. The van der Waals surface area contributed by atoms with Crippen LogP contribution >= 0.6 is 12.4 Å². The predicted molar refractivity (Wildman–Crippen MR) is 43.7 cm³/mol. The number of nitrogens with one attached hydrogen (secondary N) is 2. The monoisotopic (exact) mass is 192 g/mol. The number of hydrogen-bond donors (Lipinski definition) is 3. The lowest BCUT2D eigenvalue weighted by Gasteiger charge is -2.01. The molecule has 1 aromatic rings. The minimum Gasteiger partial charge on any atom is -0.320 e. The molecule has 0 aromatic carbocycles. The Morgan fingerprint density at radius 1 is 1.75 bits per heavy atom. The third kappa shape index (κ3) is 2.81. The summed E-state index contributed by atoms with van der Waals surface area (Å²) < 4.78 is 0. The topological polar surface area (TPSA) is 110 Å². The lowest BCUT2D eigenvalue weighted by atomic mass is 10.3. The number of nitrogens with zero attached hydrogens (tertiary/aromatic N) is 3. The quantitative estimate of drug-likeness (QED) is 0.552. The number of nitrogens with two attached hydrogens (primary N) is 1. The van der Waals surface area contributed by atoms with Gasteiger partial charge in [0.15, 0.2) is 0 Å². The number of aromatic amines is 1. The highest BCUT2D eigenvalue weighted by Gasteiger charge is 2.08. The molecule has 12 heavy (non-hydrogen) atoms. The molecule has 8 heteroatoms. The van der Waals surface area contributed by atoms with Crippen LogP contribution in [-0.2, 0) is 4.79 Å². The smallest absolute Gasteiger partial charge is 0.269 e. The summed E-state index contributed by atoms with van der Waals surface area (Å²) in [6, 6.07) is -0.575. The van der Waals surface area contributed by atoms with E-state index in [1.807, 2.05) is 0 Å². The molecule has 0 aliphatic rings. The van der Waals surface area contributed by atoms with Crippen LogP contribution in [0.4, 0.5) is 5.95 Å². The Balaban J connectivity index is 0.00000121. The van der Waals surface area contributed by atoms with Gasteiger partial charge in [0.1, 0.15) is 0 Å². The Labute approximate surface area is 74.5 Å². The molecule has 1 heterocycles. The number of halogens is 1. The number of H-pyrrole nitrogens is 1. The maximum absolute atomic E-state index is 10.9. The van der Waals surface area contributed by atoms with E-state index in [4.69, 9.17) is 5.73 Å². The number of rotatable bonds is 2. The van der Waals surface area contributed by atoms with Gasteiger partial charge in [-0.3, -0.25) is 10.1 Å². The Morgan fingerprint density at radius 2 is 2.42 bits per heavy atom. The van der Waals surface area contributed by atoms with E-state index in [9.17, 15) is 4.79 Å². The molecule has 0 bridgehead atoms. The van der Waals surface area contributed by atoms with Crippen molar-refractivity contribution < 1.29 is 4.79 Å². The van der Waals surface area contributed by atoms with Gasteiger partial charge in [-0.05, 0) is 12.1 Å². The molecule has 0 aliphatic heterocycles. The number of hydrogen-bond acceptors (Lipinski definition) is 5. The van der Waals surface area contributed by atoms with Gasteiger partial charge in [0.05, 0.1) is 6.04 Å². The third-order valence-corrected chi connectivity index (χ3v) is 0.994. The zero-order valence-electron chi connectivity index (χ0n) is 6.31. The van der Waals surface area contributed by atoms with Crippen LogP contribution in [0.2, 0.25) is 0 Å². The number of carbonyl (C=O) groups is 1. The average molecular weight is 193 g/mol. The van der Waals surface area contributed by atoms with Gasteiger partial charge >= 0.3 is 0 Å². The first-order valence-corrected chi connectivity index (χ1v) is 3.00. The molecule has 0 spiro atoms. The number of amides is 1. The van der Waals surface area contributed by atoms with E-state index in [-0.39, 0.29) is 24.3 Å². The summed E-state index contributed by atoms with van der Waals surface area (Å²) in [5.41, 5.74) is 5.25. The van der Waals surface area contributed by atoms with Gasteiger partial charge < -0.3 is 5.73 Å². The fourth-order valence-corrected chi connectivity index (χ4v) is 0.439. The fraction of sp³-hybridized carbons (Fsp3) is 0.500. The summed E-state index contributed by atoms with van der Waals surface area (Å²) in [5.74, 6) is -0.210. The predicted octanol–water partition coefficient (Wildman–Crippen LogP) is -1.09. The number of carbonyl (C=O) groups excluding carboxylic acids is 1. The van der Waals surface area contributed by atoms with Crippen molar-refractivity contribution in [3.63, 3.8) is 0 Å². The van der Waals surface area contributed by atoms with Crippen LogP contribution < -0.4 is 11.1 Å². The molecule has 0 radical (unpaired) electrons. The second kappa shape index (κ2) is 4.62. The van der Waals surface area contributed by atoms with Gasteiger partial charge in [-0.2, -0.15) is 5.21 Å². The van der Waals surface area contributed by atoms with Gasteiger partial charge in [0, 0.05) is 0 Å². The maximum Gasteiger partial charge on any atom is 0.269 e. The summed E-state index contributed by atoms with van der Waals surface area (Å²) in [7, 11) is 0. The summed E-state index contributed by atoms with van der Waals surface area (Å²) in [4.78, 5) is 10.9. The third-order valence-electron chi connectivity index (χ3n) is 0.994. The first-order chi connectivity index (χ1) is 5.20. The molecule has 68 valence electrons. The van der Waals surface area contributed by atoms with Crippen LogP contribution in [0.15, 0.2) is 0 Å². The highest BCUT2D eigenvalue weighted by molar-refractivity contribution is 5.92. The first kappa shape index (κ1) is 10.8. The normalized spacial score (nSPS) is 11.5. The SMILES string of the molecule is C[C@@H](N)C(=O)Nc1nn[nH]n1.Cl. The van der Waals surface area contributed by atoms with Gasteiger partial charge in [-0.1, -0.05) is 5.10 Å². The summed E-state index contributed by atoms with van der Waals surface area (Å²) >= 11 is 0. The van der Waals surface area contributed by atoms with Crippen molar-refractivity contribution in [2.24, 2.45) is 5.73 Å². The second-order valence-electron chi connectivity index (χ2n) is 2.01. The highest BCUT2D eigenvalue weighted by Crippen LogP contribution is 1.90. The van der Waals surface area contributed by atoms with E-state index in [1.54, 1.807) is 6.92 Å². The molecule has 1 rings (SSSR count). The molecule has 0 aliphatic carbocycles. The largest absolute Gasteiger partial charge is 0.320 e. The Hall–Kier alpha value is -1.21. The Bertz CT molecular complexity index is 234. The van der Waals surface area contributed by atoms with Crippen molar-refractivity contribution in [1.29, 1.82) is 0 Å². The zero-order valence-corrected chi connectivity index (χ0v) is 7.13. The Kier molecular flexibility index (Phi) is 4.16. The van der Waals surface area contributed by atoms with Crippen LogP contribution in [0.5, 0.6) is 0 Å². The van der Waals surface area contributed by atoms with Gasteiger partial charge in [0.2, 0.25) is 5.91 Å². The number of anilines is 1. The van der Waals surface area contributed by atoms with Crippen LogP contribution in [0, 0.1) is 0 Å².